The Bertz CT molecular complexity index is 149. The molecule has 4 heteroatoms. The Balaban J connectivity index is 2.35. The second-order valence-electron chi connectivity index (χ2n) is 2.38. The van der Waals surface area contributed by atoms with Crippen molar-refractivity contribution in [2.75, 3.05) is 27.3 Å². The number of amides is 1. The van der Waals surface area contributed by atoms with Gasteiger partial charge in [0, 0.05) is 20.1 Å². The molecule has 0 aromatic rings. The summed E-state index contributed by atoms with van der Waals surface area (Å²) in [5, 5.41) is 0. The van der Waals surface area contributed by atoms with Gasteiger partial charge >= 0.3 is 6.09 Å². The predicted octanol–water partition coefficient (Wildman–Crippen LogP) is 0.288. The summed E-state index contributed by atoms with van der Waals surface area (Å²) in [6.45, 7) is 1.22. The topological polar surface area (TPSA) is 38.8 Å². The van der Waals surface area contributed by atoms with Gasteiger partial charge in [-0.25, -0.2) is 4.79 Å². The quantitative estimate of drug-likeness (QED) is 0.550. The van der Waals surface area contributed by atoms with Crippen LogP contribution in [0, 0.1) is 6.42 Å². The smallest absolute Gasteiger partial charge is 0.409 e. The first-order valence-electron chi connectivity index (χ1n) is 3.47. The normalized spacial score (nSPS) is 23.8. The second kappa shape index (κ2) is 3.57. The third-order valence-corrected chi connectivity index (χ3v) is 1.72. The van der Waals surface area contributed by atoms with Crippen molar-refractivity contribution in [3.05, 3.63) is 6.42 Å². The first-order valence-corrected chi connectivity index (χ1v) is 3.47. The molecule has 63 valence electrons. The lowest BCUT2D eigenvalue weighted by Crippen LogP contribution is -2.29. The van der Waals surface area contributed by atoms with Crippen LogP contribution in [0.1, 0.15) is 0 Å². The number of hydrogen-bond acceptors (Lipinski definition) is 3. The summed E-state index contributed by atoms with van der Waals surface area (Å²) in [6.07, 6.45) is 1.71. The molecule has 1 aliphatic rings. The van der Waals surface area contributed by atoms with E-state index in [2.05, 4.69) is 4.74 Å². The number of methoxy groups -OCH3 is 2. The van der Waals surface area contributed by atoms with Gasteiger partial charge in [0.05, 0.1) is 19.8 Å². The van der Waals surface area contributed by atoms with Gasteiger partial charge in [0.25, 0.3) is 0 Å². The molecule has 0 aliphatic carbocycles. The van der Waals surface area contributed by atoms with Crippen LogP contribution in [0.2, 0.25) is 0 Å². The van der Waals surface area contributed by atoms with Crippen LogP contribution in [-0.4, -0.2) is 44.4 Å². The van der Waals surface area contributed by atoms with Crippen LogP contribution in [0.25, 0.3) is 0 Å². The zero-order chi connectivity index (χ0) is 8.27. The Labute approximate surface area is 66.1 Å². The summed E-state index contributed by atoms with van der Waals surface area (Å²) in [7, 11) is 3.00. The summed E-state index contributed by atoms with van der Waals surface area (Å²) in [6, 6.07) is 0. The van der Waals surface area contributed by atoms with Gasteiger partial charge < -0.3 is 14.4 Å². The molecule has 4 nitrogen and oxygen atoms in total. The molecule has 1 atom stereocenters. The van der Waals surface area contributed by atoms with Crippen LogP contribution < -0.4 is 0 Å². The minimum atomic E-state index is -0.291. The molecule has 1 heterocycles. The molecule has 0 aromatic heterocycles. The summed E-state index contributed by atoms with van der Waals surface area (Å²) in [4.78, 5) is 12.5. The van der Waals surface area contributed by atoms with E-state index in [1.807, 2.05) is 6.42 Å². The van der Waals surface area contributed by atoms with Gasteiger partial charge in [0.15, 0.2) is 0 Å². The van der Waals surface area contributed by atoms with Gasteiger partial charge in [-0.05, 0) is 0 Å². The SMILES string of the molecule is COC(=O)N1C[CH][C@@H](OC)C1. The van der Waals surface area contributed by atoms with E-state index in [1.54, 1.807) is 12.0 Å². The molecule has 1 aliphatic heterocycles. The van der Waals surface area contributed by atoms with Crippen LogP contribution >= 0.6 is 0 Å². The highest BCUT2D eigenvalue weighted by molar-refractivity contribution is 5.68. The molecule has 1 amide bonds. The third-order valence-electron chi connectivity index (χ3n) is 1.72. The Morgan fingerprint density at radius 1 is 1.64 bits per heavy atom. The highest BCUT2D eigenvalue weighted by Crippen LogP contribution is 2.10. The summed E-state index contributed by atoms with van der Waals surface area (Å²) >= 11 is 0. The van der Waals surface area contributed by atoms with Crippen molar-refractivity contribution in [2.24, 2.45) is 0 Å². The first kappa shape index (κ1) is 8.33. The van der Waals surface area contributed by atoms with E-state index >= 15 is 0 Å². The van der Waals surface area contributed by atoms with Gasteiger partial charge in [-0.2, -0.15) is 0 Å². The van der Waals surface area contributed by atoms with Crippen molar-refractivity contribution in [3.8, 4) is 0 Å². The van der Waals surface area contributed by atoms with Crippen LogP contribution in [0.15, 0.2) is 0 Å². The fourth-order valence-electron chi connectivity index (χ4n) is 1.06. The largest absolute Gasteiger partial charge is 0.453 e. The molecule has 0 unspecified atom stereocenters. The molecule has 0 spiro atoms. The van der Waals surface area contributed by atoms with E-state index in [9.17, 15) is 4.79 Å². The summed E-state index contributed by atoms with van der Waals surface area (Å²) < 4.78 is 9.57. The molecule has 1 saturated heterocycles. The summed E-state index contributed by atoms with van der Waals surface area (Å²) in [5.41, 5.74) is 0. The lowest BCUT2D eigenvalue weighted by atomic mass is 10.3. The molecule has 11 heavy (non-hydrogen) atoms. The highest BCUT2D eigenvalue weighted by Gasteiger charge is 2.26. The van der Waals surface area contributed by atoms with E-state index in [0.717, 1.165) is 0 Å². The third kappa shape index (κ3) is 1.83. The van der Waals surface area contributed by atoms with Crippen molar-refractivity contribution >= 4 is 6.09 Å². The fourth-order valence-corrected chi connectivity index (χ4v) is 1.06. The molecular formula is C7H12NO3. The average Bonchev–Trinajstić information content (AvgIpc) is 2.50. The molecule has 0 saturated carbocycles. The van der Waals surface area contributed by atoms with E-state index in [1.165, 1.54) is 7.11 Å². The van der Waals surface area contributed by atoms with Crippen molar-refractivity contribution in [1.29, 1.82) is 0 Å². The second-order valence-corrected chi connectivity index (χ2v) is 2.38. The molecule has 1 radical (unpaired) electrons. The van der Waals surface area contributed by atoms with Crippen LogP contribution in [0.5, 0.6) is 0 Å². The minimum absolute atomic E-state index is 0.0640. The summed E-state index contributed by atoms with van der Waals surface area (Å²) in [5.74, 6) is 0. The van der Waals surface area contributed by atoms with Gasteiger partial charge in [0.1, 0.15) is 0 Å². The van der Waals surface area contributed by atoms with Crippen molar-refractivity contribution in [3.63, 3.8) is 0 Å². The number of hydrogen-bond donors (Lipinski definition) is 0. The molecule has 0 aromatic carbocycles. The molecule has 0 bridgehead atoms. The van der Waals surface area contributed by atoms with Gasteiger partial charge in [0.2, 0.25) is 0 Å². The van der Waals surface area contributed by atoms with E-state index < -0.39 is 0 Å². The molecular weight excluding hydrogens is 146 g/mol. The lowest BCUT2D eigenvalue weighted by Gasteiger charge is -2.13. The standard InChI is InChI=1S/C7H12NO3/c1-10-6-3-4-8(5-6)7(9)11-2/h3,6H,4-5H2,1-2H3/t6-/m1/s1. The van der Waals surface area contributed by atoms with Crippen molar-refractivity contribution in [2.45, 2.75) is 6.10 Å². The Morgan fingerprint density at radius 3 is 2.82 bits per heavy atom. The van der Waals surface area contributed by atoms with Gasteiger partial charge in [-0.1, -0.05) is 0 Å². The van der Waals surface area contributed by atoms with E-state index in [4.69, 9.17) is 4.74 Å². The predicted molar refractivity (Wildman–Crippen MR) is 39.1 cm³/mol. The number of nitrogens with zero attached hydrogens (tertiary/aromatic N) is 1. The Kier molecular flexibility index (Phi) is 2.70. The van der Waals surface area contributed by atoms with E-state index in [-0.39, 0.29) is 12.2 Å². The minimum Gasteiger partial charge on any atom is -0.453 e. The monoisotopic (exact) mass is 158 g/mol. The van der Waals surface area contributed by atoms with Crippen LogP contribution in [0.3, 0.4) is 0 Å². The number of carbonyl (C=O) groups is 1. The zero-order valence-corrected chi connectivity index (χ0v) is 6.74. The number of carbonyl (C=O) groups excluding carboxylic acids is 1. The van der Waals surface area contributed by atoms with Crippen molar-refractivity contribution in [1.82, 2.24) is 4.90 Å². The van der Waals surface area contributed by atoms with E-state index in [0.29, 0.717) is 13.1 Å². The molecule has 1 fully saturated rings. The number of ether oxygens (including phenoxy) is 2. The lowest BCUT2D eigenvalue weighted by molar-refractivity contribution is 0.105. The van der Waals surface area contributed by atoms with Crippen LogP contribution in [0.4, 0.5) is 4.79 Å². The Hall–Kier alpha value is -0.770. The van der Waals surface area contributed by atoms with Gasteiger partial charge in [-0.15, -0.1) is 0 Å². The fraction of sp³-hybridized carbons (Fsp3) is 0.714. The zero-order valence-electron chi connectivity index (χ0n) is 6.74. The maximum Gasteiger partial charge on any atom is 0.409 e. The number of rotatable bonds is 1. The maximum atomic E-state index is 10.9. The van der Waals surface area contributed by atoms with Crippen molar-refractivity contribution < 1.29 is 14.3 Å². The first-order chi connectivity index (χ1) is 5.27. The number of likely N-dealkylation sites (tertiary alicyclic amines) is 1. The van der Waals surface area contributed by atoms with Gasteiger partial charge in [-0.3, -0.25) is 0 Å². The molecule has 0 N–H and O–H groups in total. The average molecular weight is 158 g/mol. The Morgan fingerprint density at radius 2 is 2.36 bits per heavy atom. The highest BCUT2D eigenvalue weighted by atomic mass is 16.5. The maximum absolute atomic E-state index is 10.9. The molecule has 1 rings (SSSR count). The van der Waals surface area contributed by atoms with Crippen LogP contribution in [-0.2, 0) is 9.47 Å².